The van der Waals surface area contributed by atoms with Crippen LogP contribution in [0.1, 0.15) is 6.92 Å². The van der Waals surface area contributed by atoms with Crippen molar-refractivity contribution in [1.29, 1.82) is 0 Å². The molecule has 0 aliphatic carbocycles. The van der Waals surface area contributed by atoms with Crippen molar-refractivity contribution in [2.24, 2.45) is 10.9 Å². The number of pyridine rings is 1. The molecule has 0 saturated carbocycles. The number of rotatable bonds is 6. The Morgan fingerprint density at radius 2 is 1.88 bits per heavy atom. The first-order chi connectivity index (χ1) is 15.4. The fourth-order valence-electron chi connectivity index (χ4n) is 2.70. The van der Waals surface area contributed by atoms with E-state index >= 15 is 0 Å². The second kappa shape index (κ2) is 10.2. The Balaban J connectivity index is 0.000000890. The normalized spacial score (nSPS) is 11.2. The minimum atomic E-state index is -4.55. The number of tetrazole rings is 1. The van der Waals surface area contributed by atoms with Gasteiger partial charge < -0.3 is 20.5 Å². The molecule has 0 saturated heterocycles. The van der Waals surface area contributed by atoms with Crippen LogP contribution in [0.3, 0.4) is 0 Å². The van der Waals surface area contributed by atoms with Crippen LogP contribution in [0.2, 0.25) is 0 Å². The maximum Gasteiger partial charge on any atom is 0.269 e. The summed E-state index contributed by atoms with van der Waals surface area (Å²) in [6, 6.07) is 5.48. The Labute approximate surface area is 188 Å². The maximum absolute atomic E-state index is 12.6. The lowest BCUT2D eigenvalue weighted by Crippen LogP contribution is -2.22. The van der Waals surface area contributed by atoms with Crippen molar-refractivity contribution in [2.45, 2.75) is 16.7 Å². The summed E-state index contributed by atoms with van der Waals surface area (Å²) in [5.41, 5.74) is 5.84. The number of carboxylic acid groups (broad SMARTS) is 1. The first kappa shape index (κ1) is 25.5. The van der Waals surface area contributed by atoms with Gasteiger partial charge in [0.2, 0.25) is 15.8 Å². The number of sulfone groups is 1. The van der Waals surface area contributed by atoms with Gasteiger partial charge in [-0.2, -0.15) is 5.21 Å². The molecule has 0 fully saturated rings. The fraction of sp³-hybridized carbons (Fsp3) is 0.176. The van der Waals surface area contributed by atoms with Crippen LogP contribution in [0.15, 0.2) is 40.3 Å². The number of carboxylic acids is 1. The van der Waals surface area contributed by atoms with Gasteiger partial charge >= 0.3 is 0 Å². The van der Waals surface area contributed by atoms with Crippen molar-refractivity contribution in [2.75, 3.05) is 12.3 Å². The van der Waals surface area contributed by atoms with Crippen molar-refractivity contribution in [3.05, 3.63) is 41.9 Å². The molecule has 0 aliphatic rings. The molecule has 33 heavy (non-hydrogen) atoms. The van der Waals surface area contributed by atoms with Crippen LogP contribution in [-0.4, -0.2) is 60.7 Å². The monoisotopic (exact) mass is 493 g/mol. The summed E-state index contributed by atoms with van der Waals surface area (Å²) in [5, 5.41) is 27.5. The Hall–Kier alpha value is -3.78. The minimum absolute atomic E-state index is 0.128. The third-order valence-corrected chi connectivity index (χ3v) is 6.78. The number of H-pyrrole nitrogens is 1. The third-order valence-electron chi connectivity index (χ3n) is 3.87. The van der Waals surface area contributed by atoms with Gasteiger partial charge in [-0.1, -0.05) is 18.7 Å². The number of nitrogens with two attached hydrogens (primary N) is 2. The van der Waals surface area contributed by atoms with E-state index < -0.39 is 41.4 Å². The van der Waals surface area contributed by atoms with Crippen LogP contribution < -0.4 is 16.0 Å². The topological polar surface area (TPSA) is 232 Å². The largest absolute Gasteiger partial charge is 0.550 e. The lowest BCUT2D eigenvalue weighted by atomic mass is 10.0. The molecule has 3 aromatic rings. The highest BCUT2D eigenvalue weighted by Gasteiger charge is 2.31. The van der Waals surface area contributed by atoms with E-state index in [0.29, 0.717) is 5.56 Å². The summed E-state index contributed by atoms with van der Waals surface area (Å²) in [6.07, 6.45) is 1.34. The number of carbonyl (C=O) groups is 1. The lowest BCUT2D eigenvalue weighted by Gasteiger charge is -2.15. The number of aromatic nitrogens is 5. The first-order valence-corrected chi connectivity index (χ1v) is 12.0. The van der Waals surface area contributed by atoms with E-state index in [1.165, 1.54) is 24.4 Å². The van der Waals surface area contributed by atoms with Gasteiger partial charge in [0.1, 0.15) is 11.1 Å². The van der Waals surface area contributed by atoms with Crippen LogP contribution in [0.5, 0.6) is 0 Å². The number of sulfonamides is 1. The van der Waals surface area contributed by atoms with E-state index in [1.54, 1.807) is 0 Å². The van der Waals surface area contributed by atoms with Gasteiger partial charge in [0.15, 0.2) is 9.84 Å². The van der Waals surface area contributed by atoms with E-state index in [0.717, 1.165) is 13.0 Å². The SMILES string of the molecule is CC(=O)[O-].[C-]#[N+]c1ccc(-c2ccc(S(=O)(=O)CCN)c(S(N)(=O)=O)c2-c2nn[nH]n2)cn1. The van der Waals surface area contributed by atoms with Gasteiger partial charge in [-0.25, -0.2) is 22.0 Å². The number of hydrogen-bond donors (Lipinski definition) is 3. The van der Waals surface area contributed by atoms with E-state index in [2.05, 4.69) is 30.5 Å². The van der Waals surface area contributed by atoms with Gasteiger partial charge in [-0.05, 0) is 29.8 Å². The van der Waals surface area contributed by atoms with Crippen molar-refractivity contribution in [3.63, 3.8) is 0 Å². The molecule has 16 heteroatoms. The van der Waals surface area contributed by atoms with Crippen molar-refractivity contribution in [3.8, 4) is 22.5 Å². The Morgan fingerprint density at radius 3 is 2.33 bits per heavy atom. The van der Waals surface area contributed by atoms with Crippen LogP contribution in [0, 0.1) is 6.57 Å². The summed E-state index contributed by atoms with van der Waals surface area (Å²) < 4.78 is 50.2. The van der Waals surface area contributed by atoms with E-state index in [-0.39, 0.29) is 29.3 Å². The first-order valence-electron chi connectivity index (χ1n) is 8.80. The molecule has 2 aromatic heterocycles. The molecule has 174 valence electrons. The number of primary sulfonamides is 1. The standard InChI is InChI=1S/C15H14N8O4S2.C2H4O2/c1-18-12-5-2-9(8-19-12)10-3-4-11(28(24,25)7-6-16)14(29(17,26)27)13(10)15-20-22-23-21-15;1-2(3)4/h2-5,8H,6-7,16H2,(H2,17,26,27)(H,20,21,22,23);1H3,(H,3,4)/p-1. The zero-order valence-electron chi connectivity index (χ0n) is 17.0. The third kappa shape index (κ3) is 6.14. The van der Waals surface area contributed by atoms with Gasteiger partial charge in [-0.15, -0.1) is 15.2 Å². The zero-order chi connectivity index (χ0) is 24.8. The Bertz CT molecular complexity index is 1390. The molecule has 0 atom stereocenters. The summed E-state index contributed by atoms with van der Waals surface area (Å²) in [4.78, 5) is 14.9. The maximum atomic E-state index is 12.6. The molecule has 0 unspecified atom stereocenters. The number of aromatic amines is 1. The lowest BCUT2D eigenvalue weighted by molar-refractivity contribution is -0.302. The molecule has 0 aliphatic heterocycles. The second-order valence-electron chi connectivity index (χ2n) is 6.21. The predicted octanol–water partition coefficient (Wildman–Crippen LogP) is -1.38. The molecule has 2 heterocycles. The number of nitrogens with zero attached hydrogens (tertiary/aromatic N) is 5. The van der Waals surface area contributed by atoms with Crippen LogP contribution in [0.4, 0.5) is 5.82 Å². The zero-order valence-corrected chi connectivity index (χ0v) is 18.6. The summed E-state index contributed by atoms with van der Waals surface area (Å²) in [5.74, 6) is -1.62. The van der Waals surface area contributed by atoms with Crippen molar-refractivity contribution >= 4 is 31.6 Å². The van der Waals surface area contributed by atoms with Crippen LogP contribution in [-0.2, 0) is 24.7 Å². The molecule has 3 rings (SSSR count). The molecule has 1 aromatic carbocycles. The highest BCUT2D eigenvalue weighted by molar-refractivity contribution is 7.93. The second-order valence-corrected chi connectivity index (χ2v) is 9.79. The summed E-state index contributed by atoms with van der Waals surface area (Å²) in [6.45, 7) is 7.74. The van der Waals surface area contributed by atoms with Gasteiger partial charge in [0.25, 0.3) is 5.82 Å². The molecular weight excluding hydrogens is 476 g/mol. The van der Waals surface area contributed by atoms with Crippen LogP contribution >= 0.6 is 0 Å². The Morgan fingerprint density at radius 1 is 1.21 bits per heavy atom. The molecule has 14 nitrogen and oxygen atoms in total. The van der Waals surface area contributed by atoms with Crippen LogP contribution in [0.25, 0.3) is 27.4 Å². The van der Waals surface area contributed by atoms with E-state index in [4.69, 9.17) is 27.3 Å². The van der Waals surface area contributed by atoms with Crippen molar-refractivity contribution in [1.82, 2.24) is 25.6 Å². The number of benzene rings is 1. The molecular formula is C17H17N8O6S2-. The number of carbonyl (C=O) groups excluding carboxylic acids is 1. The fourth-order valence-corrected chi connectivity index (χ4v) is 5.45. The average Bonchev–Trinajstić information content (AvgIpc) is 3.26. The molecule has 0 spiro atoms. The summed E-state index contributed by atoms with van der Waals surface area (Å²) in [7, 11) is -8.62. The van der Waals surface area contributed by atoms with Gasteiger partial charge in [0, 0.05) is 18.1 Å². The summed E-state index contributed by atoms with van der Waals surface area (Å²) >= 11 is 0. The smallest absolute Gasteiger partial charge is 0.269 e. The van der Waals surface area contributed by atoms with E-state index in [1.807, 2.05) is 0 Å². The highest BCUT2D eigenvalue weighted by Crippen LogP contribution is 2.38. The molecule has 0 radical (unpaired) electrons. The van der Waals surface area contributed by atoms with Gasteiger partial charge in [-0.3, -0.25) is 0 Å². The van der Waals surface area contributed by atoms with Crippen molar-refractivity contribution < 1.29 is 26.7 Å². The predicted molar refractivity (Wildman–Crippen MR) is 112 cm³/mol. The number of nitrogens with one attached hydrogen (secondary N) is 1. The molecule has 5 N–H and O–H groups in total. The number of hydrogen-bond acceptors (Lipinski definition) is 11. The minimum Gasteiger partial charge on any atom is -0.550 e. The van der Waals surface area contributed by atoms with Gasteiger partial charge in [0.05, 0.1) is 16.2 Å². The van der Waals surface area contributed by atoms with E-state index in [9.17, 15) is 16.8 Å². The average molecular weight is 494 g/mol. The molecule has 0 amide bonds. The Kier molecular flexibility index (Phi) is 7.90. The quantitative estimate of drug-likeness (QED) is 0.338. The molecule has 0 bridgehead atoms. The highest BCUT2D eigenvalue weighted by atomic mass is 32.2. The number of aliphatic carboxylic acids is 1.